The number of pyridine rings is 1. The van der Waals surface area contributed by atoms with Crippen LogP contribution in [-0.2, 0) is 6.18 Å². The monoisotopic (exact) mass is 477 g/mol. The van der Waals surface area contributed by atoms with Crippen molar-refractivity contribution in [3.8, 4) is 5.69 Å². The molecule has 1 fully saturated rings. The molecule has 1 saturated heterocycles. The van der Waals surface area contributed by atoms with E-state index in [0.717, 1.165) is 12.3 Å². The second kappa shape index (κ2) is 8.86. The third kappa shape index (κ3) is 4.70. The number of alkyl halides is 3. The van der Waals surface area contributed by atoms with Crippen molar-refractivity contribution < 1.29 is 18.0 Å². The average Bonchev–Trinajstić information content (AvgIpc) is 2.79. The first-order valence-electron chi connectivity index (χ1n) is 10.1. The minimum absolute atomic E-state index is 0.221. The molecule has 3 aromatic rings. The molecule has 1 aromatic carbocycles. The number of nitrogens with zero attached hydrogens (tertiary/aromatic N) is 5. The van der Waals surface area contributed by atoms with Crippen molar-refractivity contribution in [3.63, 3.8) is 0 Å². The van der Waals surface area contributed by atoms with E-state index in [1.807, 2.05) is 0 Å². The Kier molecular flexibility index (Phi) is 6.11. The van der Waals surface area contributed by atoms with Crippen LogP contribution in [0.4, 0.5) is 19.0 Å². The molecule has 2 aromatic heterocycles. The van der Waals surface area contributed by atoms with Gasteiger partial charge in [-0.1, -0.05) is 23.7 Å². The summed E-state index contributed by atoms with van der Waals surface area (Å²) in [6.45, 7) is 2.94. The first kappa shape index (κ1) is 22.8. The third-order valence-corrected chi connectivity index (χ3v) is 5.68. The van der Waals surface area contributed by atoms with Gasteiger partial charge in [-0.3, -0.25) is 9.59 Å². The Morgan fingerprint density at radius 3 is 2.36 bits per heavy atom. The Hall–Kier alpha value is -3.40. The first-order chi connectivity index (χ1) is 15.6. The Bertz CT molecular complexity index is 1240. The predicted octanol–water partition coefficient (Wildman–Crippen LogP) is 3.57. The van der Waals surface area contributed by atoms with Crippen LogP contribution in [0, 0.1) is 6.92 Å². The zero-order valence-corrected chi connectivity index (χ0v) is 18.3. The summed E-state index contributed by atoms with van der Waals surface area (Å²) in [6, 6.07) is 10.6. The molecule has 1 aliphatic heterocycles. The number of hydrogen-bond donors (Lipinski definition) is 0. The SMILES string of the molecule is Cc1cc(=O)c(C(=O)N2CCN(c3ccc(C(F)(F)F)cn3)CC2)nn1-c1ccccc1Cl. The van der Waals surface area contributed by atoms with E-state index >= 15 is 0 Å². The van der Waals surface area contributed by atoms with Crippen LogP contribution >= 0.6 is 11.6 Å². The van der Waals surface area contributed by atoms with Crippen molar-refractivity contribution in [2.45, 2.75) is 13.1 Å². The molecule has 0 bridgehead atoms. The van der Waals surface area contributed by atoms with Gasteiger partial charge in [-0.15, -0.1) is 0 Å². The van der Waals surface area contributed by atoms with Crippen molar-refractivity contribution in [2.24, 2.45) is 0 Å². The highest BCUT2D eigenvalue weighted by Crippen LogP contribution is 2.29. The summed E-state index contributed by atoms with van der Waals surface area (Å²) in [5.41, 5.74) is -0.457. The molecule has 3 heterocycles. The van der Waals surface area contributed by atoms with Crippen LogP contribution in [0.1, 0.15) is 21.7 Å². The number of anilines is 1. The number of piperazine rings is 1. The topological polar surface area (TPSA) is 71.3 Å². The highest BCUT2D eigenvalue weighted by atomic mass is 35.5. The van der Waals surface area contributed by atoms with Gasteiger partial charge >= 0.3 is 6.18 Å². The Labute approximate surface area is 192 Å². The summed E-state index contributed by atoms with van der Waals surface area (Å²) in [4.78, 5) is 32.8. The van der Waals surface area contributed by atoms with Gasteiger partial charge in [0, 0.05) is 44.1 Å². The molecule has 33 heavy (non-hydrogen) atoms. The standard InChI is InChI=1S/C22H19ClF3N5O2/c1-14-12-18(32)20(28-31(14)17-5-3-2-4-16(17)23)21(33)30-10-8-29(9-11-30)19-7-6-15(13-27-19)22(24,25)26/h2-7,12-13H,8-11H2,1H3. The number of aromatic nitrogens is 3. The summed E-state index contributed by atoms with van der Waals surface area (Å²) in [5, 5.41) is 4.71. The molecule has 0 unspecified atom stereocenters. The maximum atomic E-state index is 13.1. The van der Waals surface area contributed by atoms with Gasteiger partial charge in [-0.2, -0.15) is 18.3 Å². The number of para-hydroxylation sites is 1. The summed E-state index contributed by atoms with van der Waals surface area (Å²) >= 11 is 6.25. The summed E-state index contributed by atoms with van der Waals surface area (Å²) in [7, 11) is 0. The minimum Gasteiger partial charge on any atom is -0.353 e. The molecule has 0 atom stereocenters. The fourth-order valence-electron chi connectivity index (χ4n) is 3.59. The van der Waals surface area contributed by atoms with Gasteiger partial charge < -0.3 is 9.80 Å². The maximum absolute atomic E-state index is 13.1. The van der Waals surface area contributed by atoms with Crippen molar-refractivity contribution >= 4 is 23.3 Å². The zero-order valence-electron chi connectivity index (χ0n) is 17.5. The van der Waals surface area contributed by atoms with E-state index in [9.17, 15) is 22.8 Å². The van der Waals surface area contributed by atoms with E-state index in [2.05, 4.69) is 10.1 Å². The normalized spacial score (nSPS) is 14.5. The second-order valence-corrected chi connectivity index (χ2v) is 7.95. The van der Waals surface area contributed by atoms with Gasteiger partial charge in [0.25, 0.3) is 5.91 Å². The van der Waals surface area contributed by atoms with Gasteiger partial charge in [0.05, 0.1) is 16.3 Å². The molecular weight excluding hydrogens is 459 g/mol. The lowest BCUT2D eigenvalue weighted by molar-refractivity contribution is -0.137. The molecule has 7 nitrogen and oxygen atoms in total. The summed E-state index contributed by atoms with van der Waals surface area (Å²) < 4.78 is 39.7. The van der Waals surface area contributed by atoms with E-state index < -0.39 is 23.1 Å². The fourth-order valence-corrected chi connectivity index (χ4v) is 3.81. The van der Waals surface area contributed by atoms with Crippen LogP contribution in [0.2, 0.25) is 5.02 Å². The van der Waals surface area contributed by atoms with Crippen LogP contribution in [0.25, 0.3) is 5.69 Å². The zero-order chi connectivity index (χ0) is 23.8. The number of halogens is 4. The highest BCUT2D eigenvalue weighted by molar-refractivity contribution is 6.32. The number of rotatable bonds is 3. The van der Waals surface area contributed by atoms with Gasteiger partial charge in [-0.25, -0.2) is 9.67 Å². The number of aryl methyl sites for hydroxylation is 1. The Morgan fingerprint density at radius 1 is 1.06 bits per heavy atom. The van der Waals surface area contributed by atoms with E-state index in [1.165, 1.54) is 21.7 Å². The number of hydrogen-bond acceptors (Lipinski definition) is 5. The molecule has 172 valence electrons. The lowest BCUT2D eigenvalue weighted by Gasteiger charge is -2.35. The molecule has 0 spiro atoms. The van der Waals surface area contributed by atoms with E-state index in [-0.39, 0.29) is 18.8 Å². The van der Waals surface area contributed by atoms with Crippen LogP contribution in [0.3, 0.4) is 0 Å². The average molecular weight is 478 g/mol. The van der Waals surface area contributed by atoms with Crippen LogP contribution < -0.4 is 10.3 Å². The molecule has 4 rings (SSSR count). The van der Waals surface area contributed by atoms with Gasteiger partial charge in [0.1, 0.15) is 5.82 Å². The quantitative estimate of drug-likeness (QED) is 0.577. The Balaban J connectivity index is 1.51. The molecule has 0 aliphatic carbocycles. The number of carbonyl (C=O) groups excluding carboxylic acids is 1. The third-order valence-electron chi connectivity index (χ3n) is 5.36. The molecule has 11 heteroatoms. The van der Waals surface area contributed by atoms with Gasteiger partial charge in [0.15, 0.2) is 5.69 Å². The Morgan fingerprint density at radius 2 is 1.76 bits per heavy atom. The van der Waals surface area contributed by atoms with Crippen LogP contribution in [0.15, 0.2) is 53.5 Å². The van der Waals surface area contributed by atoms with Gasteiger partial charge in [-0.05, 0) is 31.2 Å². The molecule has 1 aliphatic rings. The van der Waals surface area contributed by atoms with Crippen molar-refractivity contribution in [3.05, 3.63) is 80.9 Å². The molecule has 0 radical (unpaired) electrons. The predicted molar refractivity (Wildman–Crippen MR) is 117 cm³/mol. The lowest BCUT2D eigenvalue weighted by atomic mass is 10.2. The van der Waals surface area contributed by atoms with E-state index in [1.54, 1.807) is 36.1 Å². The summed E-state index contributed by atoms with van der Waals surface area (Å²) in [6.07, 6.45) is -3.66. The van der Waals surface area contributed by atoms with E-state index in [0.29, 0.717) is 35.3 Å². The number of carbonyl (C=O) groups is 1. The highest BCUT2D eigenvalue weighted by Gasteiger charge is 2.31. The van der Waals surface area contributed by atoms with Crippen molar-refractivity contribution in [2.75, 3.05) is 31.1 Å². The molecular formula is C22H19ClF3N5O2. The van der Waals surface area contributed by atoms with Crippen molar-refractivity contribution in [1.82, 2.24) is 19.7 Å². The van der Waals surface area contributed by atoms with Crippen LogP contribution in [-0.4, -0.2) is 51.8 Å². The van der Waals surface area contributed by atoms with Crippen molar-refractivity contribution in [1.29, 1.82) is 0 Å². The smallest absolute Gasteiger partial charge is 0.353 e. The first-order valence-corrected chi connectivity index (χ1v) is 10.5. The van der Waals surface area contributed by atoms with E-state index in [4.69, 9.17) is 11.6 Å². The van der Waals surface area contributed by atoms with Gasteiger partial charge in [0.2, 0.25) is 5.43 Å². The number of benzene rings is 1. The number of amides is 1. The summed E-state index contributed by atoms with van der Waals surface area (Å²) in [5.74, 6) is -0.120. The molecule has 1 amide bonds. The second-order valence-electron chi connectivity index (χ2n) is 7.54. The lowest BCUT2D eigenvalue weighted by Crippen LogP contribution is -2.50. The molecule has 0 saturated carbocycles. The molecule has 0 N–H and O–H groups in total. The van der Waals surface area contributed by atoms with Crippen LogP contribution in [0.5, 0.6) is 0 Å². The maximum Gasteiger partial charge on any atom is 0.417 e. The fraction of sp³-hybridized carbons (Fsp3) is 0.273. The minimum atomic E-state index is -4.45. The largest absolute Gasteiger partial charge is 0.417 e.